The van der Waals surface area contributed by atoms with Gasteiger partial charge in [0.1, 0.15) is 0 Å². The van der Waals surface area contributed by atoms with Gasteiger partial charge in [-0.1, -0.05) is 0 Å². The number of hydrogen-bond donors (Lipinski definition) is 1. The lowest BCUT2D eigenvalue weighted by Crippen LogP contribution is -2.30. The third-order valence-corrected chi connectivity index (χ3v) is 2.71. The van der Waals surface area contributed by atoms with Crippen molar-refractivity contribution in [1.29, 1.82) is 0 Å². The van der Waals surface area contributed by atoms with Crippen molar-refractivity contribution in [3.05, 3.63) is 23.8 Å². The second-order valence-corrected chi connectivity index (χ2v) is 4.21. The number of nitrogens with two attached hydrogens (primary N) is 1. The van der Waals surface area contributed by atoms with Gasteiger partial charge in [-0.15, -0.1) is 0 Å². The quantitative estimate of drug-likeness (QED) is 0.627. The van der Waals surface area contributed by atoms with Crippen molar-refractivity contribution in [2.75, 3.05) is 17.2 Å². The lowest BCUT2D eigenvalue weighted by atomic mass is 10.1. The zero-order valence-corrected chi connectivity index (χ0v) is 10.4. The summed E-state index contributed by atoms with van der Waals surface area (Å²) in [7, 11) is 0. The molecule has 0 spiro atoms. The van der Waals surface area contributed by atoms with Crippen molar-refractivity contribution in [2.45, 2.75) is 33.7 Å². The van der Waals surface area contributed by atoms with Crippen LogP contribution in [-0.4, -0.2) is 18.4 Å². The van der Waals surface area contributed by atoms with E-state index in [-0.39, 0.29) is 5.78 Å². The van der Waals surface area contributed by atoms with Crippen LogP contribution in [0.2, 0.25) is 0 Å². The van der Waals surface area contributed by atoms with E-state index in [1.54, 1.807) is 6.07 Å². The fraction of sp³-hybridized carbons (Fsp3) is 0.462. The Kier molecular flexibility index (Phi) is 3.93. The Morgan fingerprint density at radius 2 is 2.06 bits per heavy atom. The van der Waals surface area contributed by atoms with Crippen LogP contribution in [0.15, 0.2) is 18.2 Å². The van der Waals surface area contributed by atoms with Gasteiger partial charge in [0.15, 0.2) is 5.78 Å². The van der Waals surface area contributed by atoms with E-state index in [2.05, 4.69) is 25.7 Å². The van der Waals surface area contributed by atoms with Crippen LogP contribution in [0.1, 0.15) is 38.1 Å². The number of nitrogens with zero attached hydrogens (tertiary/aromatic N) is 1. The number of ketones is 1. The largest absolute Gasteiger partial charge is 0.398 e. The Morgan fingerprint density at radius 3 is 2.44 bits per heavy atom. The Balaban J connectivity index is 3.09. The first-order valence-electron chi connectivity index (χ1n) is 5.64. The number of rotatable bonds is 4. The molecule has 0 aromatic heterocycles. The Hall–Kier alpha value is -1.51. The normalized spacial score (nSPS) is 10.6. The number of carbonyl (C=O) groups excluding carboxylic acids is 1. The molecule has 88 valence electrons. The highest BCUT2D eigenvalue weighted by Gasteiger charge is 2.11. The molecule has 2 N–H and O–H groups in total. The number of Topliss-reactive ketones (excluding diaryl/α,β-unsaturated/α-hetero) is 1. The Labute approximate surface area is 97.2 Å². The summed E-state index contributed by atoms with van der Waals surface area (Å²) in [6.07, 6.45) is 0. The second-order valence-electron chi connectivity index (χ2n) is 4.21. The first-order chi connectivity index (χ1) is 7.47. The van der Waals surface area contributed by atoms with Crippen LogP contribution in [0.25, 0.3) is 0 Å². The van der Waals surface area contributed by atoms with Crippen molar-refractivity contribution in [3.8, 4) is 0 Å². The van der Waals surface area contributed by atoms with Crippen LogP contribution in [0.5, 0.6) is 0 Å². The monoisotopic (exact) mass is 220 g/mol. The van der Waals surface area contributed by atoms with Gasteiger partial charge in [0, 0.05) is 29.5 Å². The molecule has 0 amide bonds. The van der Waals surface area contributed by atoms with Gasteiger partial charge in [0.2, 0.25) is 0 Å². The van der Waals surface area contributed by atoms with Crippen molar-refractivity contribution in [3.63, 3.8) is 0 Å². The highest BCUT2D eigenvalue weighted by Crippen LogP contribution is 2.23. The van der Waals surface area contributed by atoms with E-state index in [0.717, 1.165) is 12.2 Å². The molecule has 3 nitrogen and oxygen atoms in total. The summed E-state index contributed by atoms with van der Waals surface area (Å²) < 4.78 is 0. The summed E-state index contributed by atoms with van der Waals surface area (Å²) >= 11 is 0. The molecule has 0 heterocycles. The maximum Gasteiger partial charge on any atom is 0.161 e. The Morgan fingerprint density at radius 1 is 1.44 bits per heavy atom. The minimum absolute atomic E-state index is 0.0108. The summed E-state index contributed by atoms with van der Waals surface area (Å²) in [4.78, 5) is 13.5. The molecule has 1 rings (SSSR count). The molecule has 0 radical (unpaired) electrons. The first-order valence-corrected chi connectivity index (χ1v) is 5.64. The summed E-state index contributed by atoms with van der Waals surface area (Å²) in [6, 6.07) is 6.06. The second kappa shape index (κ2) is 5.01. The predicted molar refractivity (Wildman–Crippen MR) is 69.0 cm³/mol. The molecule has 16 heavy (non-hydrogen) atoms. The van der Waals surface area contributed by atoms with Gasteiger partial charge in [-0.25, -0.2) is 0 Å². The molecule has 1 aromatic carbocycles. The van der Waals surface area contributed by atoms with E-state index < -0.39 is 0 Å². The lowest BCUT2D eigenvalue weighted by Gasteiger charge is -2.28. The minimum atomic E-state index is 0.0108. The van der Waals surface area contributed by atoms with Gasteiger partial charge in [-0.3, -0.25) is 4.79 Å². The molecule has 0 saturated heterocycles. The molecule has 0 saturated carbocycles. The zero-order chi connectivity index (χ0) is 12.3. The highest BCUT2D eigenvalue weighted by molar-refractivity contribution is 5.99. The van der Waals surface area contributed by atoms with Crippen LogP contribution in [-0.2, 0) is 0 Å². The topological polar surface area (TPSA) is 46.3 Å². The molecule has 0 fully saturated rings. The number of hydrogen-bond acceptors (Lipinski definition) is 3. The third-order valence-electron chi connectivity index (χ3n) is 2.71. The van der Waals surface area contributed by atoms with Crippen LogP contribution in [0.4, 0.5) is 11.4 Å². The maximum absolute atomic E-state index is 11.3. The highest BCUT2D eigenvalue weighted by atomic mass is 16.1. The van der Waals surface area contributed by atoms with Crippen molar-refractivity contribution < 1.29 is 4.79 Å². The minimum Gasteiger partial charge on any atom is -0.398 e. The molecule has 1 aromatic rings. The standard InChI is InChI=1S/C13H20N2O/c1-5-15(9(2)3)11-6-7-12(10(4)16)13(14)8-11/h6-9H,5,14H2,1-4H3. The third kappa shape index (κ3) is 2.54. The number of anilines is 2. The van der Waals surface area contributed by atoms with Gasteiger partial charge >= 0.3 is 0 Å². The Bertz CT molecular complexity index is 386. The molecule has 0 aliphatic carbocycles. The summed E-state index contributed by atoms with van der Waals surface area (Å²) in [5.74, 6) is 0.0108. The number of carbonyl (C=O) groups is 1. The molecular formula is C13H20N2O. The molecule has 0 aliphatic rings. The fourth-order valence-electron chi connectivity index (χ4n) is 1.90. The summed E-state index contributed by atoms with van der Waals surface area (Å²) in [6.45, 7) is 8.84. The predicted octanol–water partition coefficient (Wildman–Crippen LogP) is 2.71. The smallest absolute Gasteiger partial charge is 0.161 e. The fourth-order valence-corrected chi connectivity index (χ4v) is 1.90. The zero-order valence-electron chi connectivity index (χ0n) is 10.4. The summed E-state index contributed by atoms with van der Waals surface area (Å²) in [5.41, 5.74) is 8.10. The molecule has 3 heteroatoms. The molecule has 0 bridgehead atoms. The maximum atomic E-state index is 11.3. The van der Waals surface area contributed by atoms with E-state index in [0.29, 0.717) is 17.3 Å². The average Bonchev–Trinajstić information content (AvgIpc) is 2.17. The number of nitrogen functional groups attached to an aromatic ring is 1. The van der Waals surface area contributed by atoms with E-state index in [1.165, 1.54) is 6.92 Å². The van der Waals surface area contributed by atoms with Crippen LogP contribution >= 0.6 is 0 Å². The SMILES string of the molecule is CCN(c1ccc(C(C)=O)c(N)c1)C(C)C. The molecular weight excluding hydrogens is 200 g/mol. The van der Waals surface area contributed by atoms with Gasteiger partial charge in [-0.2, -0.15) is 0 Å². The first kappa shape index (κ1) is 12.6. The van der Waals surface area contributed by atoms with Crippen molar-refractivity contribution in [2.24, 2.45) is 0 Å². The number of benzene rings is 1. The van der Waals surface area contributed by atoms with Crippen LogP contribution in [0, 0.1) is 0 Å². The van der Waals surface area contributed by atoms with E-state index >= 15 is 0 Å². The average molecular weight is 220 g/mol. The van der Waals surface area contributed by atoms with E-state index in [1.807, 2.05) is 12.1 Å². The lowest BCUT2D eigenvalue weighted by molar-refractivity contribution is 0.101. The van der Waals surface area contributed by atoms with Crippen LogP contribution < -0.4 is 10.6 Å². The van der Waals surface area contributed by atoms with E-state index in [9.17, 15) is 4.79 Å². The van der Waals surface area contributed by atoms with Crippen molar-refractivity contribution in [1.82, 2.24) is 0 Å². The van der Waals surface area contributed by atoms with Crippen LogP contribution in [0.3, 0.4) is 0 Å². The van der Waals surface area contributed by atoms with E-state index in [4.69, 9.17) is 5.73 Å². The van der Waals surface area contributed by atoms with Gasteiger partial charge in [0.25, 0.3) is 0 Å². The van der Waals surface area contributed by atoms with Gasteiger partial charge in [0.05, 0.1) is 0 Å². The molecule has 0 unspecified atom stereocenters. The summed E-state index contributed by atoms with van der Waals surface area (Å²) in [5, 5.41) is 0. The van der Waals surface area contributed by atoms with Gasteiger partial charge in [-0.05, 0) is 45.9 Å². The molecule has 0 aliphatic heterocycles. The van der Waals surface area contributed by atoms with Crippen molar-refractivity contribution >= 4 is 17.2 Å². The van der Waals surface area contributed by atoms with Gasteiger partial charge < -0.3 is 10.6 Å². The molecule has 0 atom stereocenters.